The molecule has 0 aliphatic carbocycles. The van der Waals surface area contributed by atoms with E-state index in [2.05, 4.69) is 46.1 Å². The SMILES string of the molecule is COc1ccc(-c2cc3cc(NC(=O)C4(C)NNC=C4C)cnc3[nH]2)c(C)c1C. The molecule has 3 heterocycles. The lowest BCUT2D eigenvalue weighted by Crippen LogP contribution is -2.52. The van der Waals surface area contributed by atoms with Crippen molar-refractivity contribution in [2.45, 2.75) is 33.2 Å². The van der Waals surface area contributed by atoms with E-state index in [-0.39, 0.29) is 5.91 Å². The highest BCUT2D eigenvalue weighted by atomic mass is 16.5. The Morgan fingerprint density at radius 2 is 1.97 bits per heavy atom. The number of aromatic nitrogens is 2. The number of methoxy groups -OCH3 is 1. The van der Waals surface area contributed by atoms with Gasteiger partial charge in [0, 0.05) is 22.8 Å². The van der Waals surface area contributed by atoms with E-state index in [1.54, 1.807) is 19.5 Å². The molecule has 1 aromatic carbocycles. The summed E-state index contributed by atoms with van der Waals surface area (Å²) >= 11 is 0. The van der Waals surface area contributed by atoms with Gasteiger partial charge in [0.25, 0.3) is 0 Å². The second kappa shape index (κ2) is 6.93. The van der Waals surface area contributed by atoms with Crippen molar-refractivity contribution >= 4 is 22.6 Å². The maximum atomic E-state index is 12.8. The van der Waals surface area contributed by atoms with Crippen LogP contribution in [0.5, 0.6) is 5.75 Å². The summed E-state index contributed by atoms with van der Waals surface area (Å²) in [6.45, 7) is 7.88. The van der Waals surface area contributed by atoms with Crippen LogP contribution in [0.1, 0.15) is 25.0 Å². The third kappa shape index (κ3) is 3.13. The van der Waals surface area contributed by atoms with Gasteiger partial charge in [0.05, 0.1) is 19.0 Å². The minimum absolute atomic E-state index is 0.144. The van der Waals surface area contributed by atoms with Crippen molar-refractivity contribution in [3.63, 3.8) is 0 Å². The molecule has 0 saturated heterocycles. The summed E-state index contributed by atoms with van der Waals surface area (Å²) in [6, 6.07) is 8.00. The van der Waals surface area contributed by atoms with Crippen LogP contribution in [-0.2, 0) is 4.79 Å². The molecule has 0 radical (unpaired) electrons. The van der Waals surface area contributed by atoms with E-state index in [0.717, 1.165) is 44.7 Å². The molecule has 2 aromatic heterocycles. The smallest absolute Gasteiger partial charge is 0.250 e. The first-order chi connectivity index (χ1) is 13.8. The predicted octanol–water partition coefficient (Wildman–Crippen LogP) is 3.56. The summed E-state index contributed by atoms with van der Waals surface area (Å²) in [5.41, 5.74) is 11.8. The molecule has 7 nitrogen and oxygen atoms in total. The quantitative estimate of drug-likeness (QED) is 0.546. The van der Waals surface area contributed by atoms with Gasteiger partial charge in [-0.2, -0.15) is 0 Å². The summed E-state index contributed by atoms with van der Waals surface area (Å²) < 4.78 is 5.41. The van der Waals surface area contributed by atoms with Crippen molar-refractivity contribution < 1.29 is 9.53 Å². The summed E-state index contributed by atoms with van der Waals surface area (Å²) in [5.74, 6) is 0.730. The van der Waals surface area contributed by atoms with E-state index < -0.39 is 5.54 Å². The van der Waals surface area contributed by atoms with Crippen LogP contribution in [-0.4, -0.2) is 28.5 Å². The topological polar surface area (TPSA) is 91.1 Å². The summed E-state index contributed by atoms with van der Waals surface area (Å²) in [6.07, 6.45) is 3.45. The van der Waals surface area contributed by atoms with Crippen LogP contribution in [0.4, 0.5) is 5.69 Å². The Kier molecular flexibility index (Phi) is 4.55. The molecule has 0 fully saturated rings. The summed E-state index contributed by atoms with van der Waals surface area (Å²) in [7, 11) is 1.68. The highest BCUT2D eigenvalue weighted by molar-refractivity contribution is 6.01. The number of aromatic amines is 1. The number of fused-ring (bicyclic) bond motifs is 1. The fraction of sp³-hybridized carbons (Fsp3) is 0.273. The zero-order valence-electron chi connectivity index (χ0n) is 17.2. The van der Waals surface area contributed by atoms with Crippen molar-refractivity contribution in [3.8, 4) is 17.0 Å². The van der Waals surface area contributed by atoms with E-state index in [0.29, 0.717) is 5.69 Å². The molecule has 0 bridgehead atoms. The van der Waals surface area contributed by atoms with Crippen molar-refractivity contribution in [2.24, 2.45) is 0 Å². The lowest BCUT2D eigenvalue weighted by Gasteiger charge is -2.24. The molecule has 1 aliphatic rings. The van der Waals surface area contributed by atoms with Gasteiger partial charge in [-0.15, -0.1) is 0 Å². The second-order valence-electron chi connectivity index (χ2n) is 7.59. The van der Waals surface area contributed by atoms with E-state index in [9.17, 15) is 4.79 Å². The highest BCUT2D eigenvalue weighted by Gasteiger charge is 2.37. The Hall–Kier alpha value is -3.32. The van der Waals surface area contributed by atoms with Gasteiger partial charge in [0.1, 0.15) is 16.9 Å². The van der Waals surface area contributed by atoms with Crippen LogP contribution in [0.15, 0.2) is 42.2 Å². The molecule has 1 aliphatic heterocycles. The Morgan fingerprint density at radius 1 is 1.17 bits per heavy atom. The monoisotopic (exact) mass is 391 g/mol. The van der Waals surface area contributed by atoms with E-state index in [4.69, 9.17) is 4.74 Å². The summed E-state index contributed by atoms with van der Waals surface area (Å²) in [4.78, 5) is 20.6. The molecule has 4 N–H and O–H groups in total. The van der Waals surface area contributed by atoms with Gasteiger partial charge in [-0.3, -0.25) is 4.79 Å². The Morgan fingerprint density at radius 3 is 2.66 bits per heavy atom. The average Bonchev–Trinajstić information content (AvgIpc) is 3.27. The lowest BCUT2D eigenvalue weighted by molar-refractivity contribution is -0.120. The number of nitrogens with one attached hydrogen (secondary N) is 4. The molecular weight excluding hydrogens is 366 g/mol. The first-order valence-corrected chi connectivity index (χ1v) is 9.48. The fourth-order valence-corrected chi connectivity index (χ4v) is 3.56. The standard InChI is InChI=1S/C22H25N5O2/c1-12-10-24-27-22(12,4)21(28)25-16-8-15-9-18(26-20(15)23-11-16)17-6-7-19(29-5)14(3)13(17)2/h6-11,24,27H,1-5H3,(H,23,26)(H,25,28). The minimum atomic E-state index is -0.796. The van der Waals surface area contributed by atoms with Crippen LogP contribution >= 0.6 is 0 Å². The first-order valence-electron chi connectivity index (χ1n) is 9.48. The number of pyridine rings is 1. The molecular formula is C22H25N5O2. The van der Waals surface area contributed by atoms with Crippen LogP contribution in [0.25, 0.3) is 22.3 Å². The molecule has 7 heteroatoms. The number of H-pyrrole nitrogens is 1. The first kappa shape index (κ1) is 19.0. The fourth-order valence-electron chi connectivity index (χ4n) is 3.56. The number of benzene rings is 1. The van der Waals surface area contributed by atoms with E-state index in [1.165, 1.54) is 0 Å². The Bertz CT molecular complexity index is 1150. The number of hydrogen-bond donors (Lipinski definition) is 4. The van der Waals surface area contributed by atoms with Crippen molar-refractivity contribution in [1.82, 2.24) is 20.8 Å². The minimum Gasteiger partial charge on any atom is -0.496 e. The number of hydrazine groups is 1. The largest absolute Gasteiger partial charge is 0.496 e. The van der Waals surface area contributed by atoms with Gasteiger partial charge < -0.3 is 20.5 Å². The van der Waals surface area contributed by atoms with Crippen molar-refractivity contribution in [1.29, 1.82) is 0 Å². The number of nitrogens with zero attached hydrogens (tertiary/aromatic N) is 1. The van der Waals surface area contributed by atoms with Gasteiger partial charge in [-0.25, -0.2) is 10.4 Å². The number of rotatable bonds is 4. The third-order valence-corrected chi connectivity index (χ3v) is 5.83. The normalized spacial score (nSPS) is 18.4. The van der Waals surface area contributed by atoms with Gasteiger partial charge in [-0.1, -0.05) is 0 Å². The number of ether oxygens (including phenoxy) is 1. The third-order valence-electron chi connectivity index (χ3n) is 5.83. The zero-order valence-corrected chi connectivity index (χ0v) is 17.2. The lowest BCUT2D eigenvalue weighted by atomic mass is 9.94. The second-order valence-corrected chi connectivity index (χ2v) is 7.59. The number of carbonyl (C=O) groups excluding carboxylic acids is 1. The zero-order chi connectivity index (χ0) is 20.8. The molecule has 29 heavy (non-hydrogen) atoms. The molecule has 0 spiro atoms. The molecule has 0 saturated carbocycles. The van der Waals surface area contributed by atoms with E-state index in [1.807, 2.05) is 32.0 Å². The van der Waals surface area contributed by atoms with Crippen LogP contribution in [0, 0.1) is 13.8 Å². The van der Waals surface area contributed by atoms with Gasteiger partial charge in [0.15, 0.2) is 0 Å². The molecule has 1 amide bonds. The van der Waals surface area contributed by atoms with Crippen molar-refractivity contribution in [3.05, 3.63) is 53.4 Å². The Balaban J connectivity index is 1.64. The van der Waals surface area contributed by atoms with Crippen LogP contribution in [0.2, 0.25) is 0 Å². The van der Waals surface area contributed by atoms with E-state index >= 15 is 0 Å². The Labute approximate surface area is 169 Å². The van der Waals surface area contributed by atoms with Gasteiger partial charge in [-0.05, 0) is 68.7 Å². The molecule has 1 atom stereocenters. The number of amides is 1. The van der Waals surface area contributed by atoms with Gasteiger partial charge in [0.2, 0.25) is 5.91 Å². The molecule has 4 rings (SSSR count). The number of carbonyl (C=O) groups is 1. The molecule has 150 valence electrons. The van der Waals surface area contributed by atoms with Crippen LogP contribution < -0.4 is 20.9 Å². The van der Waals surface area contributed by atoms with Crippen molar-refractivity contribution in [2.75, 3.05) is 12.4 Å². The highest BCUT2D eigenvalue weighted by Crippen LogP contribution is 2.32. The molecule has 1 unspecified atom stereocenters. The molecule has 3 aromatic rings. The predicted molar refractivity (Wildman–Crippen MR) is 115 cm³/mol. The number of anilines is 1. The maximum absolute atomic E-state index is 12.8. The summed E-state index contributed by atoms with van der Waals surface area (Å²) in [5, 5.41) is 3.89. The van der Waals surface area contributed by atoms with Crippen LogP contribution in [0.3, 0.4) is 0 Å². The number of hydrogen-bond acceptors (Lipinski definition) is 5. The van der Waals surface area contributed by atoms with Gasteiger partial charge >= 0.3 is 0 Å². The maximum Gasteiger partial charge on any atom is 0.250 e. The average molecular weight is 391 g/mol.